The van der Waals surface area contributed by atoms with Gasteiger partial charge in [-0.3, -0.25) is 4.79 Å². The Morgan fingerprint density at radius 2 is 2.08 bits per heavy atom. The van der Waals surface area contributed by atoms with Gasteiger partial charge in [-0.1, -0.05) is 29.8 Å². The van der Waals surface area contributed by atoms with E-state index in [-0.39, 0.29) is 29.5 Å². The number of methoxy groups -OCH3 is 1. The minimum atomic E-state index is -0.529. The highest BCUT2D eigenvalue weighted by molar-refractivity contribution is 6.32. The van der Waals surface area contributed by atoms with Crippen LogP contribution in [0.25, 0.3) is 0 Å². The monoisotopic (exact) mass is 348 g/mol. The van der Waals surface area contributed by atoms with Gasteiger partial charge in [0.05, 0.1) is 19.1 Å². The molecule has 1 aromatic carbocycles. The number of carbonyl (C=O) groups excluding carboxylic acids is 2. The number of aryl methyl sites for hydroxylation is 1. The van der Waals surface area contributed by atoms with E-state index in [1.54, 1.807) is 0 Å². The van der Waals surface area contributed by atoms with Gasteiger partial charge in [0.25, 0.3) is 0 Å². The fraction of sp³-hybridized carbons (Fsp3) is 0.235. The molecule has 0 fully saturated rings. The number of hydrogen-bond acceptors (Lipinski definition) is 5. The summed E-state index contributed by atoms with van der Waals surface area (Å²) in [4.78, 5) is 26.7. The maximum absolute atomic E-state index is 11.4. The molecule has 0 saturated carbocycles. The molecule has 126 valence electrons. The van der Waals surface area contributed by atoms with Crippen molar-refractivity contribution in [2.24, 2.45) is 5.73 Å². The van der Waals surface area contributed by atoms with E-state index < -0.39 is 11.9 Å². The maximum Gasteiger partial charge on any atom is 0.339 e. The first-order valence-corrected chi connectivity index (χ1v) is 7.52. The lowest BCUT2D eigenvalue weighted by molar-refractivity contribution is -0.117. The Bertz CT molecular complexity index is 777. The molecule has 7 heteroatoms. The average Bonchev–Trinajstić information content (AvgIpc) is 2.54. The van der Waals surface area contributed by atoms with Gasteiger partial charge in [0.2, 0.25) is 11.8 Å². The van der Waals surface area contributed by atoms with E-state index in [1.165, 1.54) is 19.4 Å². The second kappa shape index (κ2) is 7.79. The molecule has 0 aliphatic rings. The van der Waals surface area contributed by atoms with Crippen LogP contribution in [0.15, 0.2) is 30.5 Å². The highest BCUT2D eigenvalue weighted by Crippen LogP contribution is 2.25. The summed E-state index contributed by atoms with van der Waals surface area (Å²) in [6.07, 6.45) is 1.46. The Hall–Kier alpha value is -2.60. The van der Waals surface area contributed by atoms with Gasteiger partial charge in [-0.25, -0.2) is 9.78 Å². The van der Waals surface area contributed by atoms with Crippen LogP contribution in [0.1, 0.15) is 27.0 Å². The van der Waals surface area contributed by atoms with Gasteiger partial charge in [0, 0.05) is 6.20 Å². The Morgan fingerprint density at radius 3 is 2.71 bits per heavy atom. The molecule has 0 unspecified atom stereocenters. The quantitative estimate of drug-likeness (QED) is 0.809. The Balaban J connectivity index is 2.19. The number of rotatable bonds is 6. The van der Waals surface area contributed by atoms with Crippen molar-refractivity contribution < 1.29 is 19.1 Å². The Morgan fingerprint density at radius 1 is 1.33 bits per heavy atom. The van der Waals surface area contributed by atoms with Gasteiger partial charge < -0.3 is 15.2 Å². The standard InChI is InChI=1S/C17H17ClN2O4/c1-10-4-3-5-11(7-15(19)21)13(10)9-24-16-14(18)6-12(8-20-16)17(22)23-2/h3-6,8H,7,9H2,1-2H3,(H2,19,21). The summed E-state index contributed by atoms with van der Waals surface area (Å²) < 4.78 is 10.3. The van der Waals surface area contributed by atoms with Crippen molar-refractivity contribution in [3.8, 4) is 5.88 Å². The number of carbonyl (C=O) groups is 2. The Labute approximate surface area is 144 Å². The number of esters is 1. The zero-order chi connectivity index (χ0) is 17.7. The fourth-order valence-corrected chi connectivity index (χ4v) is 2.45. The van der Waals surface area contributed by atoms with Crippen molar-refractivity contribution in [3.63, 3.8) is 0 Å². The van der Waals surface area contributed by atoms with Crippen LogP contribution in [-0.4, -0.2) is 24.0 Å². The van der Waals surface area contributed by atoms with Gasteiger partial charge in [-0.15, -0.1) is 0 Å². The summed E-state index contributed by atoms with van der Waals surface area (Å²) >= 11 is 6.09. The largest absolute Gasteiger partial charge is 0.472 e. The van der Waals surface area contributed by atoms with Crippen LogP contribution >= 0.6 is 11.6 Å². The molecule has 2 aromatic rings. The number of pyridine rings is 1. The predicted molar refractivity (Wildman–Crippen MR) is 89.0 cm³/mol. The van der Waals surface area contributed by atoms with Gasteiger partial charge in [-0.2, -0.15) is 0 Å². The molecule has 0 spiro atoms. The summed E-state index contributed by atoms with van der Waals surface area (Å²) in [5.41, 5.74) is 8.13. The van der Waals surface area contributed by atoms with Crippen molar-refractivity contribution in [1.29, 1.82) is 0 Å². The predicted octanol–water partition coefficient (Wildman–Crippen LogP) is 2.44. The fourth-order valence-electron chi connectivity index (χ4n) is 2.22. The van der Waals surface area contributed by atoms with Crippen LogP contribution in [0, 0.1) is 6.92 Å². The van der Waals surface area contributed by atoms with E-state index in [9.17, 15) is 9.59 Å². The van der Waals surface area contributed by atoms with E-state index in [0.717, 1.165) is 16.7 Å². The molecular weight excluding hydrogens is 332 g/mol. The number of hydrogen-bond donors (Lipinski definition) is 1. The molecule has 1 amide bonds. The molecule has 1 heterocycles. The van der Waals surface area contributed by atoms with Crippen LogP contribution in [0.4, 0.5) is 0 Å². The van der Waals surface area contributed by atoms with Crippen LogP contribution in [-0.2, 0) is 22.6 Å². The van der Waals surface area contributed by atoms with Gasteiger partial charge in [0.15, 0.2) is 0 Å². The summed E-state index contributed by atoms with van der Waals surface area (Å²) in [7, 11) is 1.28. The third-order valence-electron chi connectivity index (χ3n) is 3.45. The molecule has 0 saturated heterocycles. The molecule has 2 N–H and O–H groups in total. The van der Waals surface area contributed by atoms with E-state index in [0.29, 0.717) is 0 Å². The van der Waals surface area contributed by atoms with Crippen LogP contribution < -0.4 is 10.5 Å². The summed E-state index contributed by atoms with van der Waals surface area (Å²) in [5, 5.41) is 0.197. The van der Waals surface area contributed by atoms with E-state index in [1.807, 2.05) is 25.1 Å². The number of aromatic nitrogens is 1. The Kier molecular flexibility index (Phi) is 5.76. The normalized spacial score (nSPS) is 10.3. The smallest absolute Gasteiger partial charge is 0.339 e. The van der Waals surface area contributed by atoms with E-state index in [4.69, 9.17) is 22.1 Å². The average molecular weight is 349 g/mol. The van der Waals surface area contributed by atoms with Crippen molar-refractivity contribution in [1.82, 2.24) is 4.98 Å². The zero-order valence-electron chi connectivity index (χ0n) is 13.3. The SMILES string of the molecule is COC(=O)c1cnc(OCc2c(C)cccc2CC(N)=O)c(Cl)c1. The van der Waals surface area contributed by atoms with E-state index in [2.05, 4.69) is 9.72 Å². The lowest BCUT2D eigenvalue weighted by Gasteiger charge is -2.13. The van der Waals surface area contributed by atoms with Crippen LogP contribution in [0.2, 0.25) is 5.02 Å². The summed E-state index contributed by atoms with van der Waals surface area (Å²) in [5.74, 6) is -0.753. The highest BCUT2D eigenvalue weighted by Gasteiger charge is 2.13. The zero-order valence-corrected chi connectivity index (χ0v) is 14.1. The lowest BCUT2D eigenvalue weighted by atomic mass is 10.00. The van der Waals surface area contributed by atoms with Crippen molar-refractivity contribution >= 4 is 23.5 Å². The number of primary amides is 1. The second-order valence-electron chi connectivity index (χ2n) is 5.15. The van der Waals surface area contributed by atoms with Crippen molar-refractivity contribution in [2.45, 2.75) is 20.0 Å². The first-order valence-electron chi connectivity index (χ1n) is 7.14. The molecule has 0 radical (unpaired) electrons. The highest BCUT2D eigenvalue weighted by atomic mass is 35.5. The molecule has 0 aliphatic heterocycles. The number of ether oxygens (including phenoxy) is 2. The number of amides is 1. The van der Waals surface area contributed by atoms with Crippen LogP contribution in [0.3, 0.4) is 0 Å². The van der Waals surface area contributed by atoms with Crippen LogP contribution in [0.5, 0.6) is 5.88 Å². The van der Waals surface area contributed by atoms with E-state index >= 15 is 0 Å². The first kappa shape index (κ1) is 17.7. The topological polar surface area (TPSA) is 91.5 Å². The molecule has 2 rings (SSSR count). The van der Waals surface area contributed by atoms with Crippen molar-refractivity contribution in [2.75, 3.05) is 7.11 Å². The minimum Gasteiger partial charge on any atom is -0.472 e. The number of nitrogens with two attached hydrogens (primary N) is 1. The van der Waals surface area contributed by atoms with Gasteiger partial charge in [0.1, 0.15) is 11.6 Å². The molecule has 0 aliphatic carbocycles. The molecule has 6 nitrogen and oxygen atoms in total. The van der Waals surface area contributed by atoms with Crippen molar-refractivity contribution in [3.05, 3.63) is 57.7 Å². The summed E-state index contributed by atoms with van der Waals surface area (Å²) in [6.45, 7) is 2.10. The molecule has 0 bridgehead atoms. The lowest BCUT2D eigenvalue weighted by Crippen LogP contribution is -2.16. The molecule has 24 heavy (non-hydrogen) atoms. The van der Waals surface area contributed by atoms with Gasteiger partial charge >= 0.3 is 5.97 Å². The number of benzene rings is 1. The minimum absolute atomic E-state index is 0.128. The number of halogens is 1. The third-order valence-corrected chi connectivity index (χ3v) is 3.72. The van der Waals surface area contributed by atoms with Gasteiger partial charge in [-0.05, 0) is 29.7 Å². The molecule has 1 aromatic heterocycles. The maximum atomic E-state index is 11.4. The first-order chi connectivity index (χ1) is 11.4. The number of nitrogens with zero attached hydrogens (tertiary/aromatic N) is 1. The molecule has 0 atom stereocenters. The molecular formula is C17H17ClN2O4. The third kappa shape index (κ3) is 4.23. The second-order valence-corrected chi connectivity index (χ2v) is 5.55. The summed E-state index contributed by atoms with van der Waals surface area (Å²) in [6, 6.07) is 7.02.